The van der Waals surface area contributed by atoms with Crippen molar-refractivity contribution in [2.75, 3.05) is 12.4 Å². The maximum atomic E-state index is 5.62. The number of ether oxygens (including phenoxy) is 1. The van der Waals surface area contributed by atoms with Crippen molar-refractivity contribution in [1.29, 1.82) is 0 Å². The minimum Gasteiger partial charge on any atom is -0.372 e. The molecule has 4 nitrogen and oxygen atoms in total. The standard InChI is InChI=1S/C11H19N3O/c1-4-5-9(2)15-8-10-6-14-11(12-3)7-13-10/h6-7,9H,4-5,8H2,1-3H3,(H,12,14). The predicted octanol–water partition coefficient (Wildman–Crippen LogP) is 2.22. The molecule has 1 rings (SSSR count). The van der Waals surface area contributed by atoms with Gasteiger partial charge in [0.2, 0.25) is 0 Å². The third kappa shape index (κ3) is 4.25. The first-order chi connectivity index (χ1) is 7.26. The molecule has 0 aliphatic heterocycles. The molecular weight excluding hydrogens is 190 g/mol. The highest BCUT2D eigenvalue weighted by molar-refractivity contribution is 5.29. The third-order valence-electron chi connectivity index (χ3n) is 2.17. The molecule has 1 N–H and O–H groups in total. The van der Waals surface area contributed by atoms with Crippen molar-refractivity contribution in [3.05, 3.63) is 18.1 Å². The third-order valence-corrected chi connectivity index (χ3v) is 2.17. The van der Waals surface area contributed by atoms with Gasteiger partial charge < -0.3 is 10.1 Å². The van der Waals surface area contributed by atoms with Crippen molar-refractivity contribution in [2.24, 2.45) is 0 Å². The molecule has 0 fully saturated rings. The second kappa shape index (κ2) is 6.35. The fourth-order valence-corrected chi connectivity index (χ4v) is 1.28. The van der Waals surface area contributed by atoms with Crippen molar-refractivity contribution >= 4 is 5.82 Å². The topological polar surface area (TPSA) is 47.0 Å². The van der Waals surface area contributed by atoms with Crippen LogP contribution in [0.3, 0.4) is 0 Å². The monoisotopic (exact) mass is 209 g/mol. The second-order valence-corrected chi connectivity index (χ2v) is 3.55. The van der Waals surface area contributed by atoms with Gasteiger partial charge in [0.25, 0.3) is 0 Å². The Morgan fingerprint density at radius 1 is 1.40 bits per heavy atom. The van der Waals surface area contributed by atoms with E-state index in [1.54, 1.807) is 12.4 Å². The summed E-state index contributed by atoms with van der Waals surface area (Å²) in [6.45, 7) is 4.78. The highest BCUT2D eigenvalue weighted by atomic mass is 16.5. The molecule has 1 unspecified atom stereocenters. The summed E-state index contributed by atoms with van der Waals surface area (Å²) in [7, 11) is 1.82. The van der Waals surface area contributed by atoms with Crippen LogP contribution in [0.1, 0.15) is 32.4 Å². The van der Waals surface area contributed by atoms with Gasteiger partial charge in [0.15, 0.2) is 0 Å². The predicted molar refractivity (Wildman–Crippen MR) is 60.7 cm³/mol. The molecule has 84 valence electrons. The fourth-order valence-electron chi connectivity index (χ4n) is 1.28. The van der Waals surface area contributed by atoms with E-state index in [0.29, 0.717) is 12.7 Å². The molecule has 0 saturated carbocycles. The summed E-state index contributed by atoms with van der Waals surface area (Å²) in [6.07, 6.45) is 5.97. The Morgan fingerprint density at radius 3 is 2.73 bits per heavy atom. The number of hydrogen-bond donors (Lipinski definition) is 1. The Labute approximate surface area is 91.1 Å². The van der Waals surface area contributed by atoms with Gasteiger partial charge in [0, 0.05) is 7.05 Å². The minimum absolute atomic E-state index is 0.292. The van der Waals surface area contributed by atoms with Crippen LogP contribution in [0.2, 0.25) is 0 Å². The van der Waals surface area contributed by atoms with E-state index in [9.17, 15) is 0 Å². The molecular formula is C11H19N3O. The largest absolute Gasteiger partial charge is 0.372 e. The summed E-state index contributed by atoms with van der Waals surface area (Å²) in [5.74, 6) is 0.778. The summed E-state index contributed by atoms with van der Waals surface area (Å²) < 4.78 is 5.62. The van der Waals surface area contributed by atoms with Gasteiger partial charge in [0.05, 0.1) is 30.8 Å². The van der Waals surface area contributed by atoms with Crippen LogP contribution in [0, 0.1) is 0 Å². The number of anilines is 1. The Kier molecular flexibility index (Phi) is 5.04. The van der Waals surface area contributed by atoms with Gasteiger partial charge in [-0.05, 0) is 13.3 Å². The van der Waals surface area contributed by atoms with Gasteiger partial charge in [-0.1, -0.05) is 13.3 Å². The summed E-state index contributed by atoms with van der Waals surface area (Å²) in [5.41, 5.74) is 0.872. The molecule has 0 aromatic carbocycles. The lowest BCUT2D eigenvalue weighted by Gasteiger charge is -2.11. The summed E-state index contributed by atoms with van der Waals surface area (Å²) in [5, 5.41) is 2.92. The first-order valence-corrected chi connectivity index (χ1v) is 5.36. The molecule has 0 aliphatic carbocycles. The number of aromatic nitrogens is 2. The fraction of sp³-hybridized carbons (Fsp3) is 0.636. The van der Waals surface area contributed by atoms with Crippen LogP contribution >= 0.6 is 0 Å². The van der Waals surface area contributed by atoms with Gasteiger partial charge in [-0.15, -0.1) is 0 Å². The first kappa shape index (κ1) is 11.9. The second-order valence-electron chi connectivity index (χ2n) is 3.55. The highest BCUT2D eigenvalue weighted by Gasteiger charge is 2.02. The maximum absolute atomic E-state index is 5.62. The van der Waals surface area contributed by atoms with Crippen LogP contribution in [0.5, 0.6) is 0 Å². The average molecular weight is 209 g/mol. The van der Waals surface area contributed by atoms with Gasteiger partial charge in [-0.25, -0.2) is 4.98 Å². The van der Waals surface area contributed by atoms with E-state index in [2.05, 4.69) is 29.1 Å². The molecule has 1 atom stereocenters. The lowest BCUT2D eigenvalue weighted by molar-refractivity contribution is 0.0451. The van der Waals surface area contributed by atoms with Crippen molar-refractivity contribution < 1.29 is 4.74 Å². The van der Waals surface area contributed by atoms with E-state index in [1.807, 2.05) is 7.05 Å². The quantitative estimate of drug-likeness (QED) is 0.780. The van der Waals surface area contributed by atoms with Gasteiger partial charge in [-0.2, -0.15) is 0 Å². The SMILES string of the molecule is CCCC(C)OCc1cnc(NC)cn1. The molecule has 1 aromatic heterocycles. The molecule has 1 aromatic rings. The molecule has 0 aliphatic rings. The van der Waals surface area contributed by atoms with E-state index in [-0.39, 0.29) is 0 Å². The Morgan fingerprint density at radius 2 is 2.20 bits per heavy atom. The number of nitrogens with zero attached hydrogens (tertiary/aromatic N) is 2. The zero-order valence-electron chi connectivity index (χ0n) is 9.66. The van der Waals surface area contributed by atoms with Crippen molar-refractivity contribution in [2.45, 2.75) is 39.4 Å². The molecule has 0 radical (unpaired) electrons. The summed E-state index contributed by atoms with van der Waals surface area (Å²) in [6, 6.07) is 0. The van der Waals surface area contributed by atoms with E-state index in [4.69, 9.17) is 4.74 Å². The number of nitrogens with one attached hydrogen (secondary N) is 1. The summed E-state index contributed by atoms with van der Waals surface area (Å²) >= 11 is 0. The first-order valence-electron chi connectivity index (χ1n) is 5.36. The Hall–Kier alpha value is -1.16. The maximum Gasteiger partial charge on any atom is 0.144 e. The zero-order chi connectivity index (χ0) is 11.1. The number of hydrogen-bond acceptors (Lipinski definition) is 4. The molecule has 4 heteroatoms. The van der Waals surface area contributed by atoms with Crippen LogP contribution in [0.25, 0.3) is 0 Å². The summed E-state index contributed by atoms with van der Waals surface area (Å²) in [4.78, 5) is 8.40. The van der Waals surface area contributed by atoms with Gasteiger partial charge in [-0.3, -0.25) is 4.98 Å². The van der Waals surface area contributed by atoms with Crippen molar-refractivity contribution in [3.8, 4) is 0 Å². The van der Waals surface area contributed by atoms with E-state index in [1.165, 1.54) is 0 Å². The van der Waals surface area contributed by atoms with E-state index >= 15 is 0 Å². The lowest BCUT2D eigenvalue weighted by Crippen LogP contribution is -2.08. The Bertz CT molecular complexity index is 274. The smallest absolute Gasteiger partial charge is 0.144 e. The van der Waals surface area contributed by atoms with Crippen LogP contribution < -0.4 is 5.32 Å². The van der Waals surface area contributed by atoms with E-state index in [0.717, 1.165) is 24.4 Å². The van der Waals surface area contributed by atoms with Crippen molar-refractivity contribution in [1.82, 2.24) is 9.97 Å². The lowest BCUT2D eigenvalue weighted by atomic mass is 10.2. The van der Waals surface area contributed by atoms with Crippen LogP contribution in [-0.2, 0) is 11.3 Å². The van der Waals surface area contributed by atoms with Crippen LogP contribution in [0.4, 0.5) is 5.82 Å². The minimum atomic E-state index is 0.292. The Balaban J connectivity index is 2.37. The van der Waals surface area contributed by atoms with E-state index < -0.39 is 0 Å². The van der Waals surface area contributed by atoms with Gasteiger partial charge in [0.1, 0.15) is 5.82 Å². The molecule has 0 amide bonds. The molecule has 0 saturated heterocycles. The molecule has 15 heavy (non-hydrogen) atoms. The zero-order valence-corrected chi connectivity index (χ0v) is 9.66. The van der Waals surface area contributed by atoms with Gasteiger partial charge >= 0.3 is 0 Å². The molecule has 1 heterocycles. The molecule has 0 spiro atoms. The highest BCUT2D eigenvalue weighted by Crippen LogP contribution is 2.06. The van der Waals surface area contributed by atoms with Crippen LogP contribution in [0.15, 0.2) is 12.4 Å². The van der Waals surface area contributed by atoms with Crippen LogP contribution in [-0.4, -0.2) is 23.1 Å². The normalized spacial score (nSPS) is 12.5. The molecule has 0 bridgehead atoms. The van der Waals surface area contributed by atoms with Crippen molar-refractivity contribution in [3.63, 3.8) is 0 Å². The average Bonchev–Trinajstić information content (AvgIpc) is 2.27. The number of rotatable bonds is 6.